The quantitative estimate of drug-likeness (QED) is 0.362. The Labute approximate surface area is 191 Å². The van der Waals surface area contributed by atoms with Gasteiger partial charge in [0.25, 0.3) is 5.91 Å². The van der Waals surface area contributed by atoms with Gasteiger partial charge < -0.3 is 15.1 Å². The molecule has 2 aromatic carbocycles. The number of aromatic nitrogens is 3. The number of amides is 1. The van der Waals surface area contributed by atoms with Crippen LogP contribution in [0.2, 0.25) is 0 Å². The summed E-state index contributed by atoms with van der Waals surface area (Å²) in [5, 5.41) is 14.3. The van der Waals surface area contributed by atoms with Gasteiger partial charge in [0.05, 0.1) is 22.5 Å². The Morgan fingerprint density at radius 2 is 2.09 bits per heavy atom. The molecular weight excluding hydrogens is 414 g/mol. The van der Waals surface area contributed by atoms with Crippen molar-refractivity contribution in [3.05, 3.63) is 52.3 Å². The van der Waals surface area contributed by atoms with E-state index < -0.39 is 0 Å². The van der Waals surface area contributed by atoms with Gasteiger partial charge in [0.2, 0.25) is 0 Å². The van der Waals surface area contributed by atoms with Gasteiger partial charge >= 0.3 is 0 Å². The van der Waals surface area contributed by atoms with Crippen LogP contribution in [0.3, 0.4) is 0 Å². The number of fused-ring (bicyclic) bond motifs is 10. The molecule has 6 rings (SSSR count). The molecule has 0 saturated carbocycles. The number of oxime groups is 1. The normalized spacial score (nSPS) is 15.2. The molecule has 2 N–H and O–H groups in total. The van der Waals surface area contributed by atoms with E-state index >= 15 is 0 Å². The third kappa shape index (κ3) is 2.98. The Morgan fingerprint density at radius 1 is 1.24 bits per heavy atom. The van der Waals surface area contributed by atoms with Crippen molar-refractivity contribution in [1.29, 1.82) is 0 Å². The number of nitrogens with zero attached hydrogens (tertiary/aromatic N) is 3. The lowest BCUT2D eigenvalue weighted by Crippen LogP contribution is -2.15. The molecule has 0 saturated heterocycles. The van der Waals surface area contributed by atoms with Crippen LogP contribution in [0.15, 0.2) is 29.6 Å². The number of carbonyl (C=O) groups excluding carboxylic acids is 1. The van der Waals surface area contributed by atoms with Crippen molar-refractivity contribution in [3.63, 3.8) is 0 Å². The molecule has 2 aromatic heterocycles. The van der Waals surface area contributed by atoms with Gasteiger partial charge in [0.1, 0.15) is 6.61 Å². The molecule has 0 bridgehead atoms. The van der Waals surface area contributed by atoms with E-state index in [0.29, 0.717) is 19.1 Å². The van der Waals surface area contributed by atoms with Crippen molar-refractivity contribution in [2.24, 2.45) is 18.1 Å². The number of nitrogens with one attached hydrogen (secondary N) is 2. The Kier molecular flexibility index (Phi) is 4.37. The highest BCUT2D eigenvalue weighted by Crippen LogP contribution is 2.45. The number of hydrogen-bond acceptors (Lipinski definition) is 4. The van der Waals surface area contributed by atoms with Gasteiger partial charge in [0, 0.05) is 47.2 Å². The minimum absolute atomic E-state index is 0.00480. The van der Waals surface area contributed by atoms with Gasteiger partial charge in [-0.05, 0) is 54.5 Å². The van der Waals surface area contributed by atoms with Crippen LogP contribution in [0.25, 0.3) is 32.9 Å². The number of H-pyrrole nitrogens is 1. The molecule has 7 nitrogen and oxygen atoms in total. The van der Waals surface area contributed by atoms with Crippen LogP contribution in [-0.2, 0) is 31.3 Å². The molecule has 168 valence electrons. The van der Waals surface area contributed by atoms with E-state index in [4.69, 9.17) is 4.84 Å². The molecule has 1 amide bonds. The first-order valence-corrected chi connectivity index (χ1v) is 11.5. The fourth-order valence-corrected chi connectivity index (χ4v) is 5.25. The fourth-order valence-electron chi connectivity index (χ4n) is 5.25. The van der Waals surface area contributed by atoms with Crippen molar-refractivity contribution < 1.29 is 9.63 Å². The van der Waals surface area contributed by atoms with Crippen LogP contribution >= 0.6 is 0 Å². The minimum Gasteiger partial charge on any atom is -0.395 e. The average molecular weight is 442 g/mol. The SMILES string of the molecule is C/C(=N\OCC(C)C)c1ccc2[nH]c3c4c(c5c(c3c2c1)CNC5=O)-c1cn(C)nc1CC4. The maximum atomic E-state index is 13.0. The number of carbonyl (C=O) groups is 1. The van der Waals surface area contributed by atoms with Gasteiger partial charge in [-0.2, -0.15) is 5.10 Å². The maximum Gasteiger partial charge on any atom is 0.252 e. The van der Waals surface area contributed by atoms with Gasteiger partial charge in [-0.3, -0.25) is 9.48 Å². The zero-order valence-electron chi connectivity index (χ0n) is 19.4. The Balaban J connectivity index is 1.59. The van der Waals surface area contributed by atoms with Crippen molar-refractivity contribution in [2.75, 3.05) is 6.61 Å². The average Bonchev–Trinajstić information content (AvgIpc) is 3.46. The highest BCUT2D eigenvalue weighted by molar-refractivity contribution is 6.19. The molecular formula is C26H27N5O2. The summed E-state index contributed by atoms with van der Waals surface area (Å²) < 4.78 is 1.85. The Morgan fingerprint density at radius 3 is 2.91 bits per heavy atom. The summed E-state index contributed by atoms with van der Waals surface area (Å²) >= 11 is 0. The van der Waals surface area contributed by atoms with Crippen molar-refractivity contribution in [2.45, 2.75) is 40.2 Å². The zero-order valence-corrected chi connectivity index (χ0v) is 19.4. The first-order chi connectivity index (χ1) is 15.9. The first kappa shape index (κ1) is 20.0. The third-order valence-corrected chi connectivity index (χ3v) is 6.72. The van der Waals surface area contributed by atoms with Crippen LogP contribution in [0.1, 0.15) is 53.5 Å². The summed E-state index contributed by atoms with van der Waals surface area (Å²) in [6.45, 7) is 7.31. The highest BCUT2D eigenvalue weighted by Gasteiger charge is 2.34. The summed E-state index contributed by atoms with van der Waals surface area (Å²) in [6, 6.07) is 6.34. The number of benzene rings is 2. The lowest BCUT2D eigenvalue weighted by atomic mass is 9.83. The van der Waals surface area contributed by atoms with E-state index in [0.717, 1.165) is 73.9 Å². The summed E-state index contributed by atoms with van der Waals surface area (Å²) in [7, 11) is 1.94. The largest absolute Gasteiger partial charge is 0.395 e. The number of hydrogen-bond donors (Lipinski definition) is 2. The molecule has 2 aliphatic rings. The molecule has 0 spiro atoms. The van der Waals surface area contributed by atoms with Gasteiger partial charge in [-0.15, -0.1) is 0 Å². The van der Waals surface area contributed by atoms with E-state index in [1.54, 1.807) is 0 Å². The second-order valence-electron chi connectivity index (χ2n) is 9.55. The molecule has 3 heterocycles. The molecule has 1 aliphatic carbocycles. The molecule has 33 heavy (non-hydrogen) atoms. The zero-order chi connectivity index (χ0) is 22.9. The summed E-state index contributed by atoms with van der Waals surface area (Å²) in [6.07, 6.45) is 3.78. The lowest BCUT2D eigenvalue weighted by Gasteiger charge is -2.19. The summed E-state index contributed by atoms with van der Waals surface area (Å²) in [4.78, 5) is 22.2. The molecule has 7 heteroatoms. The van der Waals surface area contributed by atoms with E-state index in [2.05, 4.69) is 52.6 Å². The van der Waals surface area contributed by atoms with E-state index in [1.807, 2.05) is 24.9 Å². The standard InChI is InChI=1S/C26H27N5O2/c1-13(2)12-33-30-14(3)15-5-7-20-17(9-15)23-18-10-27-26(32)24(18)22-16(25(23)28-20)6-8-21-19(22)11-31(4)29-21/h5,7,9,11,13,28H,6,8,10,12H2,1-4H3,(H,27,32)/b30-14+. The predicted molar refractivity (Wildman–Crippen MR) is 130 cm³/mol. The summed E-state index contributed by atoms with van der Waals surface area (Å²) in [5.74, 6) is 0.432. The first-order valence-electron chi connectivity index (χ1n) is 11.5. The number of aromatic amines is 1. The Bertz CT molecular complexity index is 1490. The van der Waals surface area contributed by atoms with Gasteiger partial charge in [0.15, 0.2) is 0 Å². The highest BCUT2D eigenvalue weighted by atomic mass is 16.6. The number of aryl methyl sites for hydroxylation is 3. The van der Waals surface area contributed by atoms with Crippen LogP contribution in [-0.4, -0.2) is 33.0 Å². The van der Waals surface area contributed by atoms with Crippen molar-refractivity contribution >= 4 is 33.4 Å². The monoisotopic (exact) mass is 441 g/mol. The molecule has 0 fully saturated rings. The fraction of sp³-hybridized carbons (Fsp3) is 0.346. The van der Waals surface area contributed by atoms with Crippen molar-refractivity contribution in [3.8, 4) is 11.1 Å². The lowest BCUT2D eigenvalue weighted by molar-refractivity contribution is 0.0966. The van der Waals surface area contributed by atoms with E-state index in [1.165, 1.54) is 5.56 Å². The van der Waals surface area contributed by atoms with Crippen LogP contribution in [0.5, 0.6) is 0 Å². The number of rotatable bonds is 4. The molecule has 1 aliphatic heterocycles. The molecule has 4 aromatic rings. The topological polar surface area (TPSA) is 84.3 Å². The molecule has 0 unspecified atom stereocenters. The minimum atomic E-state index is 0.00480. The predicted octanol–water partition coefficient (Wildman–Crippen LogP) is 4.46. The van der Waals surface area contributed by atoms with Gasteiger partial charge in [-0.1, -0.05) is 25.1 Å². The van der Waals surface area contributed by atoms with Crippen LogP contribution in [0.4, 0.5) is 0 Å². The van der Waals surface area contributed by atoms with E-state index in [9.17, 15) is 4.79 Å². The van der Waals surface area contributed by atoms with Gasteiger partial charge in [-0.25, -0.2) is 0 Å². The van der Waals surface area contributed by atoms with E-state index in [-0.39, 0.29) is 5.91 Å². The summed E-state index contributed by atoms with van der Waals surface area (Å²) in [5.41, 5.74) is 10.3. The second kappa shape index (κ2) is 7.20. The molecule has 0 radical (unpaired) electrons. The smallest absolute Gasteiger partial charge is 0.252 e. The van der Waals surface area contributed by atoms with Crippen molar-refractivity contribution in [1.82, 2.24) is 20.1 Å². The third-order valence-electron chi connectivity index (χ3n) is 6.72. The maximum absolute atomic E-state index is 13.0. The van der Waals surface area contributed by atoms with Crippen LogP contribution < -0.4 is 5.32 Å². The Hall–Kier alpha value is -3.61. The molecule has 0 atom stereocenters. The van der Waals surface area contributed by atoms with Crippen LogP contribution in [0, 0.1) is 5.92 Å². The second-order valence-corrected chi connectivity index (χ2v) is 9.55.